The van der Waals surface area contributed by atoms with Gasteiger partial charge in [0.2, 0.25) is 12.2 Å². The normalized spacial score (nSPS) is 17.6. The standard InChI is InChI=1S/C44H50N8O6/c1-27-28(2)30(20-22-34-26-48-40(50-34)36-16-10-24-52(36)42(54)38(58-44(46)56)32-13-7-4-8-14-32)18-17-29(27)19-21-33-25-47-39(49-33)35-15-9-23-51(35)41(53)37(57-43(45)55)31-11-5-3-6-12-31/h3-8,11-14,17-18,25-26,35-38H,9-10,15-16,19-24H2,1-2H3,(H2,45,55)(H2,46,56)(H,47,49)(H,48,50)/t35?,36?,37-,38-/m1/s1. The zero-order valence-corrected chi connectivity index (χ0v) is 32.9. The monoisotopic (exact) mass is 786 g/mol. The molecule has 4 heterocycles. The molecule has 58 heavy (non-hydrogen) atoms. The molecule has 6 N–H and O–H groups in total. The molecule has 0 saturated carbocycles. The van der Waals surface area contributed by atoms with Gasteiger partial charge in [-0.05, 0) is 87.5 Å². The molecule has 5 aromatic rings. The highest BCUT2D eigenvalue weighted by Crippen LogP contribution is 2.36. The number of hydrogen-bond acceptors (Lipinski definition) is 8. The van der Waals surface area contributed by atoms with E-state index >= 15 is 0 Å². The maximum absolute atomic E-state index is 13.7. The number of primary amides is 2. The van der Waals surface area contributed by atoms with Gasteiger partial charge in [0.25, 0.3) is 11.8 Å². The molecule has 2 unspecified atom stereocenters. The van der Waals surface area contributed by atoms with Crippen molar-refractivity contribution in [3.05, 3.63) is 142 Å². The van der Waals surface area contributed by atoms with Crippen LogP contribution in [-0.2, 0) is 44.7 Å². The van der Waals surface area contributed by atoms with Gasteiger partial charge in [0, 0.05) is 48.0 Å². The molecule has 0 bridgehead atoms. The summed E-state index contributed by atoms with van der Waals surface area (Å²) in [5, 5.41) is 0. The summed E-state index contributed by atoms with van der Waals surface area (Å²) in [4.78, 5) is 70.6. The molecule has 14 heteroatoms. The van der Waals surface area contributed by atoms with E-state index in [9.17, 15) is 19.2 Å². The van der Waals surface area contributed by atoms with Gasteiger partial charge in [-0.3, -0.25) is 9.59 Å². The van der Waals surface area contributed by atoms with Crippen molar-refractivity contribution in [2.24, 2.45) is 11.5 Å². The number of benzene rings is 3. The minimum absolute atomic E-state index is 0.257. The van der Waals surface area contributed by atoms with Crippen molar-refractivity contribution in [2.75, 3.05) is 13.1 Å². The molecule has 4 amide bonds. The molecule has 2 aromatic heterocycles. The van der Waals surface area contributed by atoms with Gasteiger partial charge in [0.05, 0.1) is 12.1 Å². The summed E-state index contributed by atoms with van der Waals surface area (Å²) in [6.07, 6.45) is 5.71. The van der Waals surface area contributed by atoms with E-state index in [4.69, 9.17) is 20.9 Å². The number of likely N-dealkylation sites (tertiary alicyclic amines) is 2. The number of carbonyl (C=O) groups excluding carboxylic acids is 4. The van der Waals surface area contributed by atoms with Crippen LogP contribution in [0.5, 0.6) is 0 Å². The summed E-state index contributed by atoms with van der Waals surface area (Å²) in [7, 11) is 0. The van der Waals surface area contributed by atoms with Crippen molar-refractivity contribution in [2.45, 2.75) is 89.5 Å². The molecule has 0 aliphatic carbocycles. The Kier molecular flexibility index (Phi) is 12.2. The first-order valence-corrected chi connectivity index (χ1v) is 19.9. The largest absolute Gasteiger partial charge is 0.431 e. The van der Waals surface area contributed by atoms with Crippen molar-refractivity contribution in [3.63, 3.8) is 0 Å². The second-order valence-corrected chi connectivity index (χ2v) is 15.1. The highest BCUT2D eigenvalue weighted by molar-refractivity contribution is 5.86. The molecule has 2 saturated heterocycles. The lowest BCUT2D eigenvalue weighted by molar-refractivity contribution is -0.142. The van der Waals surface area contributed by atoms with Crippen LogP contribution in [0.1, 0.15) is 106 Å². The van der Waals surface area contributed by atoms with Crippen LogP contribution < -0.4 is 11.5 Å². The van der Waals surface area contributed by atoms with E-state index in [1.165, 1.54) is 22.3 Å². The second kappa shape index (κ2) is 17.8. The van der Waals surface area contributed by atoms with Crippen molar-refractivity contribution < 1.29 is 28.7 Å². The molecule has 4 atom stereocenters. The molecule has 0 radical (unpaired) electrons. The Labute approximate surface area is 337 Å². The zero-order valence-electron chi connectivity index (χ0n) is 32.9. The number of nitrogens with zero attached hydrogens (tertiary/aromatic N) is 4. The fraction of sp³-hybridized carbons (Fsp3) is 0.364. The van der Waals surface area contributed by atoms with Crippen LogP contribution in [0.3, 0.4) is 0 Å². The first kappa shape index (κ1) is 39.8. The van der Waals surface area contributed by atoms with E-state index in [-0.39, 0.29) is 23.9 Å². The fourth-order valence-electron chi connectivity index (χ4n) is 8.30. The lowest BCUT2D eigenvalue weighted by Crippen LogP contribution is -2.37. The summed E-state index contributed by atoms with van der Waals surface area (Å²) in [6, 6.07) is 21.7. The molecular formula is C44H50N8O6. The van der Waals surface area contributed by atoms with E-state index in [0.29, 0.717) is 24.2 Å². The zero-order chi connectivity index (χ0) is 40.8. The first-order chi connectivity index (χ1) is 28.1. The van der Waals surface area contributed by atoms with E-state index in [1.807, 2.05) is 24.5 Å². The van der Waals surface area contributed by atoms with Gasteiger partial charge in [0.15, 0.2) is 0 Å². The molecule has 14 nitrogen and oxygen atoms in total. The smallest absolute Gasteiger partial charge is 0.405 e. The SMILES string of the molecule is Cc1c(CCc2cnc(C3CCCN3C(=O)[C@H](OC(N)=O)c3ccccc3)[nH]2)ccc(CCc2cnc(C3CCCN3C(=O)[C@H](OC(N)=O)c3ccccc3)[nH]2)c1C. The first-order valence-electron chi connectivity index (χ1n) is 19.9. The molecule has 3 aromatic carbocycles. The van der Waals surface area contributed by atoms with E-state index in [2.05, 4.69) is 45.9 Å². The number of nitrogens with two attached hydrogens (primary N) is 2. The Morgan fingerprint density at radius 2 is 1.03 bits per heavy atom. The van der Waals surface area contributed by atoms with Crippen LogP contribution in [0, 0.1) is 13.8 Å². The van der Waals surface area contributed by atoms with Crippen molar-refractivity contribution in [1.82, 2.24) is 29.7 Å². The molecule has 2 aliphatic rings. The fourth-order valence-corrected chi connectivity index (χ4v) is 8.30. The second-order valence-electron chi connectivity index (χ2n) is 15.1. The lowest BCUT2D eigenvalue weighted by atomic mass is 9.93. The van der Waals surface area contributed by atoms with Crippen LogP contribution in [0.15, 0.2) is 85.2 Å². The van der Waals surface area contributed by atoms with Crippen LogP contribution in [0.25, 0.3) is 0 Å². The predicted molar refractivity (Wildman–Crippen MR) is 215 cm³/mol. The molecular weight excluding hydrogens is 737 g/mol. The predicted octanol–water partition coefficient (Wildman–Crippen LogP) is 6.32. The Morgan fingerprint density at radius 1 is 0.638 bits per heavy atom. The minimum atomic E-state index is -1.12. The number of aromatic nitrogens is 4. The van der Waals surface area contributed by atoms with Crippen LogP contribution in [0.2, 0.25) is 0 Å². The maximum atomic E-state index is 13.7. The lowest BCUT2D eigenvalue weighted by Gasteiger charge is -2.27. The third kappa shape index (κ3) is 8.90. The van der Waals surface area contributed by atoms with Gasteiger partial charge < -0.3 is 40.7 Å². The van der Waals surface area contributed by atoms with Crippen LogP contribution in [0.4, 0.5) is 9.59 Å². The Bertz CT molecular complexity index is 2080. The van der Waals surface area contributed by atoms with Crippen molar-refractivity contribution in [1.29, 1.82) is 0 Å². The third-order valence-corrected chi connectivity index (χ3v) is 11.5. The van der Waals surface area contributed by atoms with Gasteiger partial charge in [-0.1, -0.05) is 72.8 Å². The van der Waals surface area contributed by atoms with Gasteiger partial charge in [-0.15, -0.1) is 0 Å². The summed E-state index contributed by atoms with van der Waals surface area (Å²) >= 11 is 0. The summed E-state index contributed by atoms with van der Waals surface area (Å²) in [6.45, 7) is 5.39. The summed E-state index contributed by atoms with van der Waals surface area (Å²) < 4.78 is 10.6. The number of amides is 4. The number of H-pyrrole nitrogens is 2. The summed E-state index contributed by atoms with van der Waals surface area (Å²) in [5.74, 6) is 0.807. The number of aromatic amines is 2. The van der Waals surface area contributed by atoms with Crippen LogP contribution in [-0.4, -0.2) is 66.8 Å². The summed E-state index contributed by atoms with van der Waals surface area (Å²) in [5.41, 5.74) is 18.8. The van der Waals surface area contributed by atoms with E-state index < -0.39 is 24.4 Å². The quantitative estimate of drug-likeness (QED) is 0.100. The Morgan fingerprint density at radius 3 is 1.41 bits per heavy atom. The maximum Gasteiger partial charge on any atom is 0.405 e. The topological polar surface area (TPSA) is 203 Å². The number of aryl methyl sites for hydroxylation is 4. The van der Waals surface area contributed by atoms with E-state index in [1.54, 1.807) is 58.3 Å². The highest BCUT2D eigenvalue weighted by Gasteiger charge is 2.39. The Hall–Kier alpha value is -6.44. The molecule has 7 rings (SSSR count). The Balaban J connectivity index is 0.952. The van der Waals surface area contributed by atoms with Crippen LogP contribution >= 0.6 is 0 Å². The average molecular weight is 787 g/mol. The molecule has 0 spiro atoms. The van der Waals surface area contributed by atoms with Gasteiger partial charge >= 0.3 is 12.2 Å². The van der Waals surface area contributed by atoms with Gasteiger partial charge in [-0.2, -0.15) is 0 Å². The minimum Gasteiger partial charge on any atom is -0.431 e. The number of nitrogens with one attached hydrogen (secondary N) is 2. The van der Waals surface area contributed by atoms with Gasteiger partial charge in [-0.25, -0.2) is 19.6 Å². The van der Waals surface area contributed by atoms with E-state index in [0.717, 1.165) is 74.4 Å². The van der Waals surface area contributed by atoms with Crippen molar-refractivity contribution >= 4 is 24.0 Å². The molecule has 302 valence electrons. The molecule has 2 fully saturated rings. The number of hydrogen-bond donors (Lipinski definition) is 4. The number of rotatable bonds is 14. The number of imidazole rings is 2. The highest BCUT2D eigenvalue weighted by atomic mass is 16.6. The number of ether oxygens (including phenoxy) is 2. The molecule has 2 aliphatic heterocycles. The third-order valence-electron chi connectivity index (χ3n) is 11.5. The average Bonchev–Trinajstić information content (AvgIpc) is 4.07. The van der Waals surface area contributed by atoms with Gasteiger partial charge in [0.1, 0.15) is 11.6 Å². The van der Waals surface area contributed by atoms with Crippen molar-refractivity contribution in [3.8, 4) is 0 Å². The number of carbonyl (C=O) groups is 4.